The maximum atomic E-state index is 15.6. The molecule has 1 saturated heterocycles. The molecule has 2 bridgehead atoms. The second kappa shape index (κ2) is 5.55. The zero-order valence-electron chi connectivity index (χ0n) is 14.3. The lowest BCUT2D eigenvalue weighted by atomic mass is 9.80. The van der Waals surface area contributed by atoms with E-state index in [-0.39, 0.29) is 12.5 Å². The summed E-state index contributed by atoms with van der Waals surface area (Å²) in [7, 11) is 0. The number of carboxylic acids is 1. The fourth-order valence-electron chi connectivity index (χ4n) is 5.28. The Morgan fingerprint density at radius 1 is 1.00 bits per heavy atom. The summed E-state index contributed by atoms with van der Waals surface area (Å²) in [6.07, 6.45) is 3.88. The largest absolute Gasteiger partial charge is 0.481 e. The van der Waals surface area contributed by atoms with Crippen LogP contribution in [-0.4, -0.2) is 35.0 Å². The van der Waals surface area contributed by atoms with E-state index in [1.165, 1.54) is 0 Å². The molecule has 25 heavy (non-hydrogen) atoms. The average molecular weight is 345 g/mol. The van der Waals surface area contributed by atoms with Gasteiger partial charge in [0.15, 0.2) is 5.67 Å². The number of halogens is 1. The van der Waals surface area contributed by atoms with Gasteiger partial charge in [0.05, 0.1) is 17.4 Å². The van der Waals surface area contributed by atoms with E-state index in [4.69, 9.17) is 0 Å². The highest BCUT2D eigenvalue weighted by atomic mass is 19.1. The summed E-state index contributed by atoms with van der Waals surface area (Å²) < 4.78 is 15.6. The minimum Gasteiger partial charge on any atom is -0.481 e. The SMILES string of the molecule is O=C(O)C12CCC(C(=O)N3CCCC(F)(c4ccccc4)C3)(CC1)C2. The second-order valence-corrected chi connectivity index (χ2v) is 8.20. The first-order valence-electron chi connectivity index (χ1n) is 9.17. The fraction of sp³-hybridized carbons (Fsp3) is 0.600. The molecule has 1 aromatic carbocycles. The molecule has 4 rings (SSSR count). The van der Waals surface area contributed by atoms with Crippen LogP contribution in [0.5, 0.6) is 0 Å². The molecule has 2 saturated carbocycles. The van der Waals surface area contributed by atoms with E-state index in [2.05, 4.69) is 0 Å². The first-order valence-corrected chi connectivity index (χ1v) is 9.17. The van der Waals surface area contributed by atoms with E-state index >= 15 is 4.39 Å². The molecule has 134 valence electrons. The van der Waals surface area contributed by atoms with Gasteiger partial charge >= 0.3 is 5.97 Å². The number of benzene rings is 1. The van der Waals surface area contributed by atoms with Gasteiger partial charge in [-0.15, -0.1) is 0 Å². The van der Waals surface area contributed by atoms with Crippen LogP contribution in [0.4, 0.5) is 4.39 Å². The highest BCUT2D eigenvalue weighted by Crippen LogP contribution is 2.62. The van der Waals surface area contributed by atoms with E-state index in [1.54, 1.807) is 17.0 Å². The molecule has 1 amide bonds. The lowest BCUT2D eigenvalue weighted by molar-refractivity contribution is -0.148. The highest BCUT2D eigenvalue weighted by Gasteiger charge is 2.62. The van der Waals surface area contributed by atoms with Crippen molar-refractivity contribution in [3.63, 3.8) is 0 Å². The van der Waals surface area contributed by atoms with E-state index in [0.29, 0.717) is 57.1 Å². The van der Waals surface area contributed by atoms with Crippen LogP contribution in [0.25, 0.3) is 0 Å². The number of alkyl halides is 1. The number of piperidine rings is 1. The van der Waals surface area contributed by atoms with Gasteiger partial charge in [0, 0.05) is 6.54 Å². The Labute approximate surface area is 147 Å². The van der Waals surface area contributed by atoms with Gasteiger partial charge in [-0.25, -0.2) is 4.39 Å². The first kappa shape index (κ1) is 16.6. The Bertz CT molecular complexity index is 696. The predicted octanol–water partition coefficient (Wildman–Crippen LogP) is 3.51. The van der Waals surface area contributed by atoms with Crippen molar-refractivity contribution in [1.82, 2.24) is 4.90 Å². The molecule has 0 radical (unpaired) electrons. The van der Waals surface area contributed by atoms with Crippen molar-refractivity contribution in [2.24, 2.45) is 10.8 Å². The summed E-state index contributed by atoms with van der Waals surface area (Å²) in [5.41, 5.74) is -2.18. The van der Waals surface area contributed by atoms with Crippen LogP contribution in [0.2, 0.25) is 0 Å². The number of carbonyl (C=O) groups is 2. The number of hydrogen-bond acceptors (Lipinski definition) is 2. The number of carboxylic acid groups (broad SMARTS) is 1. The van der Waals surface area contributed by atoms with Crippen LogP contribution in [0.15, 0.2) is 30.3 Å². The van der Waals surface area contributed by atoms with Crippen molar-refractivity contribution >= 4 is 11.9 Å². The van der Waals surface area contributed by atoms with Crippen molar-refractivity contribution in [3.05, 3.63) is 35.9 Å². The van der Waals surface area contributed by atoms with Gasteiger partial charge in [-0.05, 0) is 50.5 Å². The molecule has 0 spiro atoms. The van der Waals surface area contributed by atoms with E-state index in [1.807, 2.05) is 18.2 Å². The Kier molecular flexibility index (Phi) is 3.67. The smallest absolute Gasteiger partial charge is 0.309 e. The van der Waals surface area contributed by atoms with Crippen LogP contribution >= 0.6 is 0 Å². The second-order valence-electron chi connectivity index (χ2n) is 8.20. The lowest BCUT2D eigenvalue weighted by Gasteiger charge is -2.41. The number of hydrogen-bond donors (Lipinski definition) is 1. The number of carbonyl (C=O) groups excluding carboxylic acids is 1. The monoisotopic (exact) mass is 345 g/mol. The van der Waals surface area contributed by atoms with Gasteiger partial charge in [-0.2, -0.15) is 0 Å². The molecular formula is C20H24FNO3. The van der Waals surface area contributed by atoms with Crippen molar-refractivity contribution in [2.45, 2.75) is 50.6 Å². The molecule has 3 aliphatic rings. The third-order valence-electron chi connectivity index (χ3n) is 6.77. The molecular weight excluding hydrogens is 321 g/mol. The average Bonchev–Trinajstić information content (AvgIpc) is 3.21. The maximum absolute atomic E-state index is 15.6. The van der Waals surface area contributed by atoms with Gasteiger partial charge < -0.3 is 10.0 Å². The van der Waals surface area contributed by atoms with Crippen molar-refractivity contribution < 1.29 is 19.1 Å². The Balaban J connectivity index is 1.55. The molecule has 1 aliphatic heterocycles. The minimum atomic E-state index is -1.51. The number of amides is 1. The highest BCUT2D eigenvalue weighted by molar-refractivity contribution is 5.87. The molecule has 1 aromatic rings. The van der Waals surface area contributed by atoms with Crippen LogP contribution < -0.4 is 0 Å². The molecule has 1 N–H and O–H groups in total. The Morgan fingerprint density at radius 2 is 1.64 bits per heavy atom. The third-order valence-corrected chi connectivity index (χ3v) is 6.77. The van der Waals surface area contributed by atoms with E-state index in [0.717, 1.165) is 0 Å². The third kappa shape index (κ3) is 2.47. The zero-order chi connectivity index (χ0) is 17.7. The number of fused-ring (bicyclic) bond motifs is 2. The van der Waals surface area contributed by atoms with Gasteiger partial charge in [0.2, 0.25) is 5.91 Å². The Hall–Kier alpha value is -1.91. The predicted molar refractivity (Wildman–Crippen MR) is 90.6 cm³/mol. The standard InChI is InChI=1S/C20H24FNO3/c21-20(15-5-2-1-3-6-15)7-4-12-22(14-20)16(23)18-8-10-19(13-18,11-9-18)17(24)25/h1-3,5-6H,4,7-14H2,(H,24,25). The summed E-state index contributed by atoms with van der Waals surface area (Å²) in [6.45, 7) is 0.650. The van der Waals surface area contributed by atoms with Crippen molar-refractivity contribution in [2.75, 3.05) is 13.1 Å². The van der Waals surface area contributed by atoms with Gasteiger partial charge in [-0.3, -0.25) is 9.59 Å². The van der Waals surface area contributed by atoms with Crippen molar-refractivity contribution in [1.29, 1.82) is 0 Å². The number of nitrogens with zero attached hydrogens (tertiary/aromatic N) is 1. The van der Waals surface area contributed by atoms with Crippen LogP contribution in [0.1, 0.15) is 50.5 Å². The van der Waals surface area contributed by atoms with Crippen LogP contribution in [-0.2, 0) is 15.3 Å². The summed E-state index contributed by atoms with van der Waals surface area (Å²) in [4.78, 5) is 26.5. The lowest BCUT2D eigenvalue weighted by Crippen LogP contribution is -2.50. The summed E-state index contributed by atoms with van der Waals surface area (Å²) in [6, 6.07) is 9.08. The van der Waals surface area contributed by atoms with Crippen LogP contribution in [0, 0.1) is 10.8 Å². The van der Waals surface area contributed by atoms with Crippen LogP contribution in [0.3, 0.4) is 0 Å². The molecule has 4 nitrogen and oxygen atoms in total. The van der Waals surface area contributed by atoms with Gasteiger partial charge in [0.25, 0.3) is 0 Å². The summed E-state index contributed by atoms with van der Waals surface area (Å²) >= 11 is 0. The number of rotatable bonds is 3. The van der Waals surface area contributed by atoms with Gasteiger partial charge in [-0.1, -0.05) is 30.3 Å². The molecule has 0 aromatic heterocycles. The normalized spacial score (nSPS) is 37.2. The zero-order valence-corrected chi connectivity index (χ0v) is 14.3. The number of likely N-dealkylation sites (tertiary alicyclic amines) is 1. The van der Waals surface area contributed by atoms with E-state index < -0.39 is 22.5 Å². The molecule has 2 aliphatic carbocycles. The van der Waals surface area contributed by atoms with Gasteiger partial charge in [0.1, 0.15) is 0 Å². The van der Waals surface area contributed by atoms with E-state index in [9.17, 15) is 14.7 Å². The molecule has 1 atom stereocenters. The topological polar surface area (TPSA) is 57.6 Å². The van der Waals surface area contributed by atoms with Crippen molar-refractivity contribution in [3.8, 4) is 0 Å². The Morgan fingerprint density at radius 3 is 2.24 bits per heavy atom. The number of aliphatic carboxylic acids is 1. The minimum absolute atomic E-state index is 0.0224. The molecule has 1 heterocycles. The fourth-order valence-corrected chi connectivity index (χ4v) is 5.28. The quantitative estimate of drug-likeness (QED) is 0.912. The summed E-state index contributed by atoms with van der Waals surface area (Å²) in [5.74, 6) is -0.798. The maximum Gasteiger partial charge on any atom is 0.309 e. The summed E-state index contributed by atoms with van der Waals surface area (Å²) in [5, 5.41) is 9.54. The molecule has 1 unspecified atom stereocenters. The molecule has 5 heteroatoms. The first-order chi connectivity index (χ1) is 11.9. The molecule has 3 fully saturated rings.